The van der Waals surface area contributed by atoms with Gasteiger partial charge in [0.25, 0.3) is 0 Å². The lowest BCUT2D eigenvalue weighted by Crippen LogP contribution is -2.18. The summed E-state index contributed by atoms with van der Waals surface area (Å²) in [5.74, 6) is 0. The fourth-order valence-electron chi connectivity index (χ4n) is 1.33. The molecular formula is C11H11N3OS. The van der Waals surface area contributed by atoms with Crippen molar-refractivity contribution in [2.24, 2.45) is 5.73 Å². The smallest absolute Gasteiger partial charge is 0.317 e. The van der Waals surface area contributed by atoms with Crippen LogP contribution >= 0.6 is 11.3 Å². The molecule has 0 aliphatic carbocycles. The van der Waals surface area contributed by atoms with Gasteiger partial charge in [-0.2, -0.15) is 0 Å². The number of aryl methyl sites for hydroxylation is 1. The number of carbonyl (C=O) groups is 1. The average Bonchev–Trinajstić information content (AvgIpc) is 2.61. The van der Waals surface area contributed by atoms with Gasteiger partial charge in [0, 0.05) is 5.56 Å². The number of thiazole rings is 1. The Kier molecular flexibility index (Phi) is 2.87. The van der Waals surface area contributed by atoms with E-state index in [1.165, 1.54) is 11.3 Å². The van der Waals surface area contributed by atoms with Crippen molar-refractivity contribution >= 4 is 22.4 Å². The van der Waals surface area contributed by atoms with E-state index < -0.39 is 6.03 Å². The lowest BCUT2D eigenvalue weighted by Gasteiger charge is -1.95. The molecule has 2 rings (SSSR count). The molecule has 0 fully saturated rings. The van der Waals surface area contributed by atoms with E-state index in [0.717, 1.165) is 16.3 Å². The maximum Gasteiger partial charge on any atom is 0.317 e. The first-order chi connectivity index (χ1) is 7.66. The summed E-state index contributed by atoms with van der Waals surface area (Å²) in [6.45, 7) is 1.84. The number of benzene rings is 1. The van der Waals surface area contributed by atoms with Gasteiger partial charge in [0.1, 0.15) is 10.0 Å². The molecule has 5 heteroatoms. The van der Waals surface area contributed by atoms with Gasteiger partial charge in [-0.3, -0.25) is 5.32 Å². The van der Waals surface area contributed by atoms with Gasteiger partial charge in [0.15, 0.2) is 0 Å². The molecule has 1 heterocycles. The molecule has 16 heavy (non-hydrogen) atoms. The SMILES string of the molecule is Cc1nc(-c2ccccc2)sc1NC(N)=O. The van der Waals surface area contributed by atoms with E-state index in [2.05, 4.69) is 10.3 Å². The Balaban J connectivity index is 2.34. The number of hydrogen-bond acceptors (Lipinski definition) is 3. The standard InChI is InChI=1S/C11H11N3OS/c1-7-9(14-11(12)15)16-10(13-7)8-5-3-2-4-6-8/h2-6H,1H3,(H3,12,14,15). The Labute approximate surface area is 97.1 Å². The summed E-state index contributed by atoms with van der Waals surface area (Å²) >= 11 is 1.42. The molecule has 0 saturated carbocycles. The minimum Gasteiger partial charge on any atom is -0.351 e. The van der Waals surface area contributed by atoms with Crippen molar-refractivity contribution in [2.75, 3.05) is 5.32 Å². The Hall–Kier alpha value is -1.88. The maximum absolute atomic E-state index is 10.8. The van der Waals surface area contributed by atoms with Crippen LogP contribution < -0.4 is 11.1 Å². The first kappa shape index (κ1) is 10.6. The van der Waals surface area contributed by atoms with E-state index in [9.17, 15) is 4.79 Å². The zero-order valence-electron chi connectivity index (χ0n) is 8.73. The first-order valence-electron chi connectivity index (χ1n) is 4.76. The van der Waals surface area contributed by atoms with Crippen LogP contribution in [-0.2, 0) is 0 Å². The number of hydrogen-bond donors (Lipinski definition) is 2. The zero-order chi connectivity index (χ0) is 11.5. The first-order valence-corrected chi connectivity index (χ1v) is 5.58. The second-order valence-electron chi connectivity index (χ2n) is 3.29. The van der Waals surface area contributed by atoms with Gasteiger partial charge in [0.2, 0.25) is 0 Å². The number of amides is 2. The van der Waals surface area contributed by atoms with E-state index in [0.29, 0.717) is 5.00 Å². The number of nitrogens with one attached hydrogen (secondary N) is 1. The van der Waals surface area contributed by atoms with Gasteiger partial charge in [-0.25, -0.2) is 9.78 Å². The maximum atomic E-state index is 10.8. The van der Waals surface area contributed by atoms with Gasteiger partial charge in [0.05, 0.1) is 5.69 Å². The molecule has 4 nitrogen and oxygen atoms in total. The number of urea groups is 1. The van der Waals surface area contributed by atoms with Crippen molar-refractivity contribution in [3.8, 4) is 10.6 Å². The van der Waals surface area contributed by atoms with Crippen molar-refractivity contribution in [3.63, 3.8) is 0 Å². The number of aromatic nitrogens is 1. The van der Waals surface area contributed by atoms with Gasteiger partial charge in [-0.1, -0.05) is 41.7 Å². The molecule has 2 aromatic rings. The molecule has 0 unspecified atom stereocenters. The quantitative estimate of drug-likeness (QED) is 0.837. The highest BCUT2D eigenvalue weighted by Crippen LogP contribution is 2.31. The number of rotatable bonds is 2. The Morgan fingerprint density at radius 3 is 2.69 bits per heavy atom. The number of primary amides is 1. The molecule has 0 radical (unpaired) electrons. The third-order valence-corrected chi connectivity index (χ3v) is 3.18. The monoisotopic (exact) mass is 233 g/mol. The summed E-state index contributed by atoms with van der Waals surface area (Å²) in [7, 11) is 0. The highest BCUT2D eigenvalue weighted by atomic mass is 32.1. The van der Waals surface area contributed by atoms with Crippen molar-refractivity contribution in [3.05, 3.63) is 36.0 Å². The highest BCUT2D eigenvalue weighted by molar-refractivity contribution is 7.19. The van der Waals surface area contributed by atoms with Gasteiger partial charge in [-0.15, -0.1) is 0 Å². The van der Waals surface area contributed by atoms with Gasteiger partial charge < -0.3 is 5.73 Å². The summed E-state index contributed by atoms with van der Waals surface area (Å²) in [4.78, 5) is 15.1. The largest absolute Gasteiger partial charge is 0.351 e. The molecule has 2 amide bonds. The van der Waals surface area contributed by atoms with E-state index in [1.807, 2.05) is 37.3 Å². The minimum absolute atomic E-state index is 0.564. The van der Waals surface area contributed by atoms with Crippen LogP contribution in [0.15, 0.2) is 30.3 Å². The third kappa shape index (κ3) is 2.20. The molecule has 0 aliphatic heterocycles. The Bertz CT molecular complexity index is 507. The topological polar surface area (TPSA) is 68.0 Å². The summed E-state index contributed by atoms with van der Waals surface area (Å²) < 4.78 is 0. The molecule has 0 saturated heterocycles. The lowest BCUT2D eigenvalue weighted by atomic mass is 10.2. The molecule has 0 atom stereocenters. The summed E-state index contributed by atoms with van der Waals surface area (Å²) in [5.41, 5.74) is 6.89. The fourth-order valence-corrected chi connectivity index (χ4v) is 2.30. The fraction of sp³-hybridized carbons (Fsp3) is 0.0909. The predicted molar refractivity (Wildman–Crippen MR) is 65.5 cm³/mol. The molecule has 82 valence electrons. The van der Waals surface area contributed by atoms with Crippen molar-refractivity contribution < 1.29 is 4.79 Å². The van der Waals surface area contributed by atoms with Crippen LogP contribution in [0, 0.1) is 6.92 Å². The molecule has 0 spiro atoms. The Morgan fingerprint density at radius 2 is 2.06 bits per heavy atom. The van der Waals surface area contributed by atoms with Crippen LogP contribution in [0.25, 0.3) is 10.6 Å². The summed E-state index contributed by atoms with van der Waals surface area (Å²) in [6, 6.07) is 9.25. The van der Waals surface area contributed by atoms with E-state index in [1.54, 1.807) is 0 Å². The van der Waals surface area contributed by atoms with E-state index in [-0.39, 0.29) is 0 Å². The molecule has 0 aliphatic rings. The highest BCUT2D eigenvalue weighted by Gasteiger charge is 2.09. The van der Waals surface area contributed by atoms with Crippen molar-refractivity contribution in [1.82, 2.24) is 4.98 Å². The second-order valence-corrected chi connectivity index (χ2v) is 4.29. The molecular weight excluding hydrogens is 222 g/mol. The normalized spacial score (nSPS) is 10.1. The van der Waals surface area contributed by atoms with Crippen LogP contribution in [0.5, 0.6) is 0 Å². The van der Waals surface area contributed by atoms with Crippen molar-refractivity contribution in [1.29, 1.82) is 0 Å². The number of nitrogens with two attached hydrogens (primary N) is 1. The number of anilines is 1. The lowest BCUT2D eigenvalue weighted by molar-refractivity contribution is 0.259. The zero-order valence-corrected chi connectivity index (χ0v) is 9.54. The second kappa shape index (κ2) is 4.32. The van der Waals surface area contributed by atoms with Crippen molar-refractivity contribution in [2.45, 2.75) is 6.92 Å². The van der Waals surface area contributed by atoms with E-state index in [4.69, 9.17) is 5.73 Å². The predicted octanol–water partition coefficient (Wildman–Crippen LogP) is 2.61. The van der Waals surface area contributed by atoms with E-state index >= 15 is 0 Å². The summed E-state index contributed by atoms with van der Waals surface area (Å²) in [5, 5.41) is 4.14. The van der Waals surface area contributed by atoms with Gasteiger partial charge >= 0.3 is 6.03 Å². The Morgan fingerprint density at radius 1 is 1.38 bits per heavy atom. The van der Waals surface area contributed by atoms with Crippen LogP contribution in [0.4, 0.5) is 9.80 Å². The van der Waals surface area contributed by atoms with Crippen LogP contribution in [0.3, 0.4) is 0 Å². The number of carbonyl (C=O) groups excluding carboxylic acids is 1. The minimum atomic E-state index is -0.564. The summed E-state index contributed by atoms with van der Waals surface area (Å²) in [6.07, 6.45) is 0. The molecule has 3 N–H and O–H groups in total. The van der Waals surface area contributed by atoms with Crippen LogP contribution in [0.1, 0.15) is 5.69 Å². The third-order valence-electron chi connectivity index (χ3n) is 2.05. The molecule has 1 aromatic heterocycles. The average molecular weight is 233 g/mol. The number of nitrogens with zero attached hydrogens (tertiary/aromatic N) is 1. The molecule has 1 aromatic carbocycles. The van der Waals surface area contributed by atoms with Crippen LogP contribution in [0.2, 0.25) is 0 Å². The van der Waals surface area contributed by atoms with Crippen LogP contribution in [-0.4, -0.2) is 11.0 Å². The molecule has 0 bridgehead atoms. The van der Waals surface area contributed by atoms with Gasteiger partial charge in [-0.05, 0) is 6.92 Å².